The van der Waals surface area contributed by atoms with Gasteiger partial charge in [0.25, 0.3) is 0 Å². The Morgan fingerprint density at radius 2 is 2.14 bits per heavy atom. The zero-order valence-corrected chi connectivity index (χ0v) is 16.5. The van der Waals surface area contributed by atoms with Crippen LogP contribution in [0.5, 0.6) is 5.75 Å². The fourth-order valence-electron chi connectivity index (χ4n) is 3.94. The molecular formula is C22H28N4O2. The molecule has 0 saturated carbocycles. The molecule has 6 nitrogen and oxygen atoms in total. The van der Waals surface area contributed by atoms with Crippen LogP contribution < -0.4 is 10.1 Å². The number of benzene rings is 1. The minimum absolute atomic E-state index is 0.146. The lowest BCUT2D eigenvalue weighted by atomic mass is 10.0. The zero-order chi connectivity index (χ0) is 19.3. The number of nitrogens with one attached hydrogen (secondary N) is 1. The summed E-state index contributed by atoms with van der Waals surface area (Å²) in [6, 6.07) is 8.05. The van der Waals surface area contributed by atoms with Crippen molar-refractivity contribution in [1.29, 1.82) is 0 Å². The van der Waals surface area contributed by atoms with Crippen LogP contribution in [0.2, 0.25) is 0 Å². The molecular weight excluding hydrogens is 352 g/mol. The molecule has 1 saturated heterocycles. The molecule has 0 aliphatic carbocycles. The molecule has 148 valence electrons. The molecule has 1 aromatic heterocycles. The van der Waals surface area contributed by atoms with Gasteiger partial charge in [-0.15, -0.1) is 0 Å². The van der Waals surface area contributed by atoms with E-state index in [1.807, 2.05) is 42.3 Å². The number of nitrogens with zero attached hydrogens (tertiary/aromatic N) is 3. The van der Waals surface area contributed by atoms with Gasteiger partial charge in [-0.25, -0.2) is 9.97 Å². The third-order valence-corrected chi connectivity index (χ3v) is 5.52. The van der Waals surface area contributed by atoms with Gasteiger partial charge in [0.2, 0.25) is 5.91 Å². The molecule has 2 aliphatic heterocycles. The number of amides is 1. The van der Waals surface area contributed by atoms with E-state index in [0.29, 0.717) is 19.6 Å². The molecule has 3 heterocycles. The second kappa shape index (κ2) is 8.69. The summed E-state index contributed by atoms with van der Waals surface area (Å²) < 4.78 is 5.46. The number of carbonyl (C=O) groups is 1. The van der Waals surface area contributed by atoms with E-state index in [1.54, 1.807) is 0 Å². The Morgan fingerprint density at radius 3 is 2.89 bits per heavy atom. The predicted octanol–water partition coefficient (Wildman–Crippen LogP) is 2.82. The maximum Gasteiger partial charge on any atom is 0.227 e. The minimum Gasteiger partial charge on any atom is -0.494 e. The summed E-state index contributed by atoms with van der Waals surface area (Å²) in [6.45, 7) is 4.97. The van der Waals surface area contributed by atoms with Crippen LogP contribution in [-0.4, -0.2) is 40.5 Å². The lowest BCUT2D eigenvalue weighted by Gasteiger charge is -2.29. The fraction of sp³-hybridized carbons (Fsp3) is 0.500. The van der Waals surface area contributed by atoms with E-state index in [0.717, 1.165) is 54.3 Å². The maximum absolute atomic E-state index is 12.7. The van der Waals surface area contributed by atoms with Crippen molar-refractivity contribution >= 4 is 5.91 Å². The summed E-state index contributed by atoms with van der Waals surface area (Å²) in [5, 5.41) is 3.51. The standard InChI is InChI=1S/C22H28N4O2/c1-2-28-18-8-6-16(7-9-18)13-21(27)26-12-10-19-17(15-26)14-24-22(25-19)20-5-3-4-11-23-20/h6-9,14,20,23H,2-5,10-13,15H2,1H3. The van der Waals surface area contributed by atoms with Gasteiger partial charge in [-0.1, -0.05) is 18.6 Å². The smallest absolute Gasteiger partial charge is 0.227 e. The third-order valence-electron chi connectivity index (χ3n) is 5.52. The molecule has 28 heavy (non-hydrogen) atoms. The van der Waals surface area contributed by atoms with Crippen molar-refractivity contribution in [3.8, 4) is 5.75 Å². The predicted molar refractivity (Wildman–Crippen MR) is 107 cm³/mol. The largest absolute Gasteiger partial charge is 0.494 e. The summed E-state index contributed by atoms with van der Waals surface area (Å²) in [5.41, 5.74) is 3.18. The van der Waals surface area contributed by atoms with Crippen molar-refractivity contribution in [1.82, 2.24) is 20.2 Å². The first kappa shape index (κ1) is 18.9. The van der Waals surface area contributed by atoms with E-state index < -0.39 is 0 Å². The number of rotatable bonds is 5. The molecule has 1 aromatic carbocycles. The average molecular weight is 380 g/mol. The number of fused-ring (bicyclic) bond motifs is 1. The first-order valence-electron chi connectivity index (χ1n) is 10.3. The Kier molecular flexibility index (Phi) is 5.86. The van der Waals surface area contributed by atoms with Gasteiger partial charge in [0, 0.05) is 31.3 Å². The molecule has 1 fully saturated rings. The fourth-order valence-corrected chi connectivity index (χ4v) is 3.94. The van der Waals surface area contributed by atoms with Gasteiger partial charge in [0.15, 0.2) is 0 Å². The van der Waals surface area contributed by atoms with E-state index in [-0.39, 0.29) is 11.9 Å². The Hall–Kier alpha value is -2.47. The van der Waals surface area contributed by atoms with Crippen LogP contribution in [0.15, 0.2) is 30.5 Å². The molecule has 0 spiro atoms. The Morgan fingerprint density at radius 1 is 1.29 bits per heavy atom. The van der Waals surface area contributed by atoms with Crippen molar-refractivity contribution in [3.05, 3.63) is 53.1 Å². The SMILES string of the molecule is CCOc1ccc(CC(=O)N2CCc3nc(C4CCCCN4)ncc3C2)cc1. The Bertz CT molecular complexity index is 816. The van der Waals surface area contributed by atoms with E-state index in [2.05, 4.69) is 10.3 Å². The molecule has 1 unspecified atom stereocenters. The lowest BCUT2D eigenvalue weighted by molar-refractivity contribution is -0.131. The van der Waals surface area contributed by atoms with Gasteiger partial charge in [-0.2, -0.15) is 0 Å². The molecule has 2 aliphatic rings. The van der Waals surface area contributed by atoms with E-state index >= 15 is 0 Å². The molecule has 6 heteroatoms. The highest BCUT2D eigenvalue weighted by Gasteiger charge is 2.24. The quantitative estimate of drug-likeness (QED) is 0.864. The van der Waals surface area contributed by atoms with E-state index in [1.165, 1.54) is 12.8 Å². The second-order valence-electron chi connectivity index (χ2n) is 7.52. The van der Waals surface area contributed by atoms with Gasteiger partial charge in [-0.3, -0.25) is 4.79 Å². The molecule has 1 atom stereocenters. The third kappa shape index (κ3) is 4.33. The topological polar surface area (TPSA) is 67.3 Å². The first-order valence-corrected chi connectivity index (χ1v) is 10.3. The highest BCUT2D eigenvalue weighted by Crippen LogP contribution is 2.23. The summed E-state index contributed by atoms with van der Waals surface area (Å²) >= 11 is 0. The van der Waals surface area contributed by atoms with Gasteiger partial charge < -0.3 is 15.0 Å². The zero-order valence-electron chi connectivity index (χ0n) is 16.5. The number of aromatic nitrogens is 2. The first-order chi connectivity index (χ1) is 13.7. The molecule has 0 bridgehead atoms. The van der Waals surface area contributed by atoms with Crippen molar-refractivity contribution in [2.45, 2.75) is 51.6 Å². The second-order valence-corrected chi connectivity index (χ2v) is 7.52. The summed E-state index contributed by atoms with van der Waals surface area (Å²) in [7, 11) is 0. The van der Waals surface area contributed by atoms with Crippen LogP contribution in [0.1, 0.15) is 54.9 Å². The van der Waals surface area contributed by atoms with Gasteiger partial charge >= 0.3 is 0 Å². The van der Waals surface area contributed by atoms with Crippen LogP contribution >= 0.6 is 0 Å². The van der Waals surface area contributed by atoms with Crippen LogP contribution in [0.25, 0.3) is 0 Å². The minimum atomic E-state index is 0.146. The molecule has 4 rings (SSSR count). The summed E-state index contributed by atoms with van der Waals surface area (Å²) in [4.78, 5) is 24.1. The normalized spacial score (nSPS) is 19.2. The van der Waals surface area contributed by atoms with Crippen molar-refractivity contribution in [3.63, 3.8) is 0 Å². The summed E-state index contributed by atoms with van der Waals surface area (Å²) in [6.07, 6.45) is 6.69. The molecule has 1 amide bonds. The lowest BCUT2D eigenvalue weighted by Crippen LogP contribution is -2.38. The highest BCUT2D eigenvalue weighted by molar-refractivity contribution is 5.79. The number of piperidine rings is 1. The Balaban J connectivity index is 1.38. The van der Waals surface area contributed by atoms with Crippen LogP contribution in [0.3, 0.4) is 0 Å². The molecule has 0 radical (unpaired) electrons. The number of carbonyl (C=O) groups excluding carboxylic acids is 1. The monoisotopic (exact) mass is 380 g/mol. The van der Waals surface area contributed by atoms with Crippen LogP contribution in [0.4, 0.5) is 0 Å². The summed E-state index contributed by atoms with van der Waals surface area (Å²) in [5.74, 6) is 1.89. The van der Waals surface area contributed by atoms with Gasteiger partial charge in [0.05, 0.1) is 24.8 Å². The molecule has 2 aromatic rings. The highest BCUT2D eigenvalue weighted by atomic mass is 16.5. The molecule has 1 N–H and O–H groups in total. The van der Waals surface area contributed by atoms with Crippen LogP contribution in [0, 0.1) is 0 Å². The van der Waals surface area contributed by atoms with Crippen molar-refractivity contribution < 1.29 is 9.53 Å². The number of hydrogen-bond acceptors (Lipinski definition) is 5. The van der Waals surface area contributed by atoms with E-state index in [4.69, 9.17) is 9.72 Å². The van der Waals surface area contributed by atoms with Crippen molar-refractivity contribution in [2.24, 2.45) is 0 Å². The Labute approximate surface area is 166 Å². The van der Waals surface area contributed by atoms with E-state index in [9.17, 15) is 4.79 Å². The number of ether oxygens (including phenoxy) is 1. The van der Waals surface area contributed by atoms with Gasteiger partial charge in [-0.05, 0) is 44.0 Å². The number of hydrogen-bond donors (Lipinski definition) is 1. The van der Waals surface area contributed by atoms with Gasteiger partial charge in [0.1, 0.15) is 11.6 Å². The van der Waals surface area contributed by atoms with Crippen molar-refractivity contribution in [2.75, 3.05) is 19.7 Å². The maximum atomic E-state index is 12.7. The average Bonchev–Trinajstić information content (AvgIpc) is 2.75. The van der Waals surface area contributed by atoms with Crippen LogP contribution in [-0.2, 0) is 24.2 Å².